The second-order valence-corrected chi connectivity index (χ2v) is 6.62. The number of nitrogens with zero attached hydrogens (tertiary/aromatic N) is 1. The topological polar surface area (TPSA) is 45.7 Å². The van der Waals surface area contributed by atoms with E-state index in [1.54, 1.807) is 0 Å². The fraction of sp³-hybridized carbons (Fsp3) is 0.938. The second-order valence-electron chi connectivity index (χ2n) is 6.62. The van der Waals surface area contributed by atoms with E-state index in [2.05, 4.69) is 43.3 Å². The van der Waals surface area contributed by atoms with Crippen molar-refractivity contribution >= 4 is 29.9 Å². The van der Waals surface area contributed by atoms with Crippen LogP contribution < -0.4 is 10.6 Å². The van der Waals surface area contributed by atoms with Gasteiger partial charge in [0, 0.05) is 12.1 Å². The largest absolute Gasteiger partial charge is 0.376 e. The molecule has 1 rings (SSSR count). The van der Waals surface area contributed by atoms with Crippen LogP contribution in [0.3, 0.4) is 0 Å². The van der Waals surface area contributed by atoms with Crippen molar-refractivity contribution in [2.75, 3.05) is 19.7 Å². The Morgan fingerprint density at radius 3 is 2.29 bits per heavy atom. The summed E-state index contributed by atoms with van der Waals surface area (Å²) in [6.07, 6.45) is 8.31. The summed E-state index contributed by atoms with van der Waals surface area (Å²) >= 11 is 0. The van der Waals surface area contributed by atoms with Crippen LogP contribution in [-0.2, 0) is 4.74 Å². The Bertz CT molecular complexity index is 282. The van der Waals surface area contributed by atoms with Crippen molar-refractivity contribution < 1.29 is 4.74 Å². The molecule has 0 heterocycles. The molecule has 0 atom stereocenters. The van der Waals surface area contributed by atoms with Gasteiger partial charge >= 0.3 is 0 Å². The molecule has 1 fully saturated rings. The molecule has 0 aliphatic heterocycles. The van der Waals surface area contributed by atoms with Crippen molar-refractivity contribution in [1.29, 1.82) is 0 Å². The monoisotopic (exact) mass is 411 g/mol. The Labute approximate surface area is 147 Å². The van der Waals surface area contributed by atoms with Crippen LogP contribution in [0.25, 0.3) is 0 Å². The second kappa shape index (κ2) is 11.5. The van der Waals surface area contributed by atoms with E-state index in [-0.39, 0.29) is 29.5 Å². The molecule has 0 amide bonds. The zero-order valence-corrected chi connectivity index (χ0v) is 16.5. The molecule has 0 radical (unpaired) electrons. The molecular weight excluding hydrogens is 377 g/mol. The van der Waals surface area contributed by atoms with Crippen LogP contribution in [0.2, 0.25) is 0 Å². The first-order valence-corrected chi connectivity index (χ1v) is 8.19. The fourth-order valence-corrected chi connectivity index (χ4v) is 2.45. The summed E-state index contributed by atoms with van der Waals surface area (Å²) in [5.74, 6) is 0.879. The highest BCUT2D eigenvalue weighted by Crippen LogP contribution is 2.19. The molecule has 2 N–H and O–H groups in total. The van der Waals surface area contributed by atoms with Crippen molar-refractivity contribution in [1.82, 2.24) is 10.6 Å². The summed E-state index contributed by atoms with van der Waals surface area (Å²) < 4.78 is 5.96. The van der Waals surface area contributed by atoms with Crippen molar-refractivity contribution in [2.45, 2.75) is 77.9 Å². The van der Waals surface area contributed by atoms with Gasteiger partial charge in [-0.3, -0.25) is 4.99 Å². The third kappa shape index (κ3) is 11.2. The van der Waals surface area contributed by atoms with Gasteiger partial charge in [-0.05, 0) is 40.5 Å². The molecular formula is C16H34IN3O. The average molecular weight is 411 g/mol. The minimum absolute atomic E-state index is 0. The zero-order valence-electron chi connectivity index (χ0n) is 14.2. The van der Waals surface area contributed by atoms with E-state index in [4.69, 9.17) is 4.74 Å². The Kier molecular flexibility index (Phi) is 11.5. The molecule has 1 aliphatic rings. The lowest BCUT2D eigenvalue weighted by molar-refractivity contribution is 0.0487. The molecule has 0 aromatic carbocycles. The Hall–Kier alpha value is -0.0400. The minimum Gasteiger partial charge on any atom is -0.376 e. The highest BCUT2D eigenvalue weighted by Gasteiger charge is 2.13. The number of halogens is 1. The van der Waals surface area contributed by atoms with Crippen molar-refractivity contribution in [3.05, 3.63) is 0 Å². The normalized spacial score (nSPS) is 17.8. The third-order valence-electron chi connectivity index (χ3n) is 3.35. The highest BCUT2D eigenvalue weighted by atomic mass is 127. The van der Waals surface area contributed by atoms with Crippen molar-refractivity contribution in [2.24, 2.45) is 4.99 Å². The van der Waals surface area contributed by atoms with Crippen LogP contribution in [0.15, 0.2) is 4.99 Å². The highest BCUT2D eigenvalue weighted by molar-refractivity contribution is 14.0. The summed E-state index contributed by atoms with van der Waals surface area (Å²) in [5, 5.41) is 6.66. The van der Waals surface area contributed by atoms with Gasteiger partial charge in [-0.15, -0.1) is 24.0 Å². The van der Waals surface area contributed by atoms with Crippen LogP contribution in [0.5, 0.6) is 0 Å². The zero-order chi connectivity index (χ0) is 14.8. The maximum Gasteiger partial charge on any atom is 0.191 e. The fourth-order valence-electron chi connectivity index (χ4n) is 2.45. The molecule has 0 aromatic rings. The number of nitrogens with one attached hydrogen (secondary N) is 2. The number of hydrogen-bond acceptors (Lipinski definition) is 2. The summed E-state index contributed by atoms with van der Waals surface area (Å²) in [5.41, 5.74) is 0.0309. The molecule has 0 spiro atoms. The van der Waals surface area contributed by atoms with E-state index in [0.717, 1.165) is 25.7 Å². The van der Waals surface area contributed by atoms with Crippen LogP contribution in [-0.4, -0.2) is 37.3 Å². The number of ether oxygens (including phenoxy) is 1. The Morgan fingerprint density at radius 1 is 1.14 bits per heavy atom. The van der Waals surface area contributed by atoms with Crippen LogP contribution >= 0.6 is 24.0 Å². The SMILES string of the molecule is CCNC(=NCCOC1CCCCCC1)NC(C)(C)C.I. The lowest BCUT2D eigenvalue weighted by Crippen LogP contribution is -2.47. The number of hydrogen-bond donors (Lipinski definition) is 2. The first-order chi connectivity index (χ1) is 9.51. The Balaban J connectivity index is 0.00000400. The smallest absolute Gasteiger partial charge is 0.191 e. The predicted molar refractivity (Wildman–Crippen MR) is 102 cm³/mol. The molecule has 0 saturated heterocycles. The van der Waals surface area contributed by atoms with Gasteiger partial charge in [-0.25, -0.2) is 0 Å². The predicted octanol–water partition coefficient (Wildman–Crippen LogP) is 3.70. The van der Waals surface area contributed by atoms with Gasteiger partial charge in [0.15, 0.2) is 5.96 Å². The summed E-state index contributed by atoms with van der Waals surface area (Å²) in [7, 11) is 0. The third-order valence-corrected chi connectivity index (χ3v) is 3.35. The summed E-state index contributed by atoms with van der Waals surface area (Å²) in [4.78, 5) is 4.58. The molecule has 5 heteroatoms. The number of aliphatic imine (C=N–C) groups is 1. The molecule has 0 aromatic heterocycles. The van der Waals surface area contributed by atoms with E-state index in [0.29, 0.717) is 6.10 Å². The van der Waals surface area contributed by atoms with Gasteiger partial charge in [0.05, 0.1) is 19.3 Å². The molecule has 1 aliphatic carbocycles. The van der Waals surface area contributed by atoms with Crippen LogP contribution in [0.4, 0.5) is 0 Å². The van der Waals surface area contributed by atoms with Crippen molar-refractivity contribution in [3.8, 4) is 0 Å². The van der Waals surface area contributed by atoms with E-state index in [1.165, 1.54) is 38.5 Å². The van der Waals surface area contributed by atoms with Gasteiger partial charge in [0.1, 0.15) is 0 Å². The molecule has 0 bridgehead atoms. The van der Waals surface area contributed by atoms with E-state index < -0.39 is 0 Å². The number of rotatable bonds is 5. The van der Waals surface area contributed by atoms with Gasteiger partial charge in [-0.2, -0.15) is 0 Å². The van der Waals surface area contributed by atoms with Gasteiger partial charge in [-0.1, -0.05) is 25.7 Å². The lowest BCUT2D eigenvalue weighted by Gasteiger charge is -2.23. The van der Waals surface area contributed by atoms with Crippen LogP contribution in [0, 0.1) is 0 Å². The number of guanidine groups is 1. The lowest BCUT2D eigenvalue weighted by atomic mass is 10.1. The first kappa shape index (κ1) is 21.0. The quantitative estimate of drug-likeness (QED) is 0.239. The van der Waals surface area contributed by atoms with E-state index in [1.807, 2.05) is 0 Å². The summed E-state index contributed by atoms with van der Waals surface area (Å²) in [6, 6.07) is 0. The van der Waals surface area contributed by atoms with Gasteiger partial charge in [0.2, 0.25) is 0 Å². The average Bonchev–Trinajstić information content (AvgIpc) is 2.61. The maximum atomic E-state index is 5.96. The Morgan fingerprint density at radius 2 is 1.76 bits per heavy atom. The molecule has 4 nitrogen and oxygen atoms in total. The summed E-state index contributed by atoms with van der Waals surface area (Å²) in [6.45, 7) is 10.8. The van der Waals surface area contributed by atoms with E-state index >= 15 is 0 Å². The van der Waals surface area contributed by atoms with Crippen molar-refractivity contribution in [3.63, 3.8) is 0 Å². The first-order valence-electron chi connectivity index (χ1n) is 8.19. The van der Waals surface area contributed by atoms with Crippen LogP contribution in [0.1, 0.15) is 66.2 Å². The van der Waals surface area contributed by atoms with Gasteiger partial charge in [0.25, 0.3) is 0 Å². The molecule has 1 saturated carbocycles. The molecule has 0 unspecified atom stereocenters. The van der Waals surface area contributed by atoms with Gasteiger partial charge < -0.3 is 15.4 Å². The maximum absolute atomic E-state index is 5.96. The minimum atomic E-state index is 0. The standard InChI is InChI=1S/C16H33N3O.HI/c1-5-17-15(19-16(2,3)4)18-12-13-20-14-10-8-6-7-9-11-14;/h14H,5-13H2,1-4H3,(H2,17,18,19);1H. The molecule has 21 heavy (non-hydrogen) atoms. The van der Waals surface area contributed by atoms with E-state index in [9.17, 15) is 0 Å². The molecule has 126 valence electrons.